The number of halogens is 5. The Balaban J connectivity index is 1.48. The van der Waals surface area contributed by atoms with Gasteiger partial charge in [-0.1, -0.05) is 30.1 Å². The highest BCUT2D eigenvalue weighted by molar-refractivity contribution is 6.43. The Hall–Kier alpha value is -2.53. The molecule has 41 heavy (non-hydrogen) atoms. The fraction of sp³-hybridized carbons (Fsp3) is 0.517. The van der Waals surface area contributed by atoms with Gasteiger partial charge in [-0.25, -0.2) is 13.2 Å². The number of anilines is 1. The topological polar surface area (TPSA) is 73.8 Å². The summed E-state index contributed by atoms with van der Waals surface area (Å²) < 4.78 is 52.6. The summed E-state index contributed by atoms with van der Waals surface area (Å²) in [6, 6.07) is 3.75. The fourth-order valence-electron chi connectivity index (χ4n) is 6.72. The van der Waals surface area contributed by atoms with Gasteiger partial charge in [0.1, 0.15) is 35.7 Å². The lowest BCUT2D eigenvalue weighted by atomic mass is 9.95. The van der Waals surface area contributed by atoms with Crippen molar-refractivity contribution in [2.24, 2.45) is 0 Å². The maximum atomic E-state index is 16.4. The van der Waals surface area contributed by atoms with Gasteiger partial charge in [-0.15, -0.1) is 0 Å². The molecule has 0 bridgehead atoms. The molecule has 2 aromatic carbocycles. The number of aromatic nitrogens is 2. The van der Waals surface area contributed by atoms with Crippen LogP contribution in [0.5, 0.6) is 11.8 Å². The second-order valence-electron chi connectivity index (χ2n) is 11.5. The first-order valence-electron chi connectivity index (χ1n) is 14.0. The number of nitrogens with one attached hydrogen (secondary N) is 1. The quantitative estimate of drug-likeness (QED) is 0.349. The van der Waals surface area contributed by atoms with Gasteiger partial charge in [-0.2, -0.15) is 9.97 Å². The van der Waals surface area contributed by atoms with Crippen molar-refractivity contribution in [2.75, 3.05) is 37.7 Å². The number of aromatic hydroxyl groups is 1. The number of piperazine rings is 1. The number of alkyl halides is 1. The van der Waals surface area contributed by atoms with Gasteiger partial charge >= 0.3 is 6.01 Å². The number of hydrogen-bond donors (Lipinski definition) is 2. The second kappa shape index (κ2) is 10.9. The Bertz CT molecular complexity index is 1500. The highest BCUT2D eigenvalue weighted by Gasteiger charge is 2.49. The minimum absolute atomic E-state index is 0.0449. The number of rotatable bonds is 6. The SMILES string of the molecule is CC[C@@H]1CN(c2nc(OC[C@@]34CCCN3C[C@H](F)C4)nc3c(F)c(-c4cc(O)cc(Cl)c4Cl)c(F)cc23)C[C@@H](C)N1. The van der Waals surface area contributed by atoms with Gasteiger partial charge in [0.05, 0.1) is 21.1 Å². The third-order valence-corrected chi connectivity index (χ3v) is 9.41. The monoisotopic (exact) mass is 609 g/mol. The van der Waals surface area contributed by atoms with Crippen molar-refractivity contribution < 1.29 is 23.0 Å². The molecule has 3 aliphatic rings. The average Bonchev–Trinajstić information content (AvgIpc) is 3.45. The summed E-state index contributed by atoms with van der Waals surface area (Å²) >= 11 is 12.4. The lowest BCUT2D eigenvalue weighted by Crippen LogP contribution is -2.55. The van der Waals surface area contributed by atoms with Crippen molar-refractivity contribution in [3.63, 3.8) is 0 Å². The van der Waals surface area contributed by atoms with E-state index in [2.05, 4.69) is 27.1 Å². The summed E-state index contributed by atoms with van der Waals surface area (Å²) in [7, 11) is 0. The third-order valence-electron chi connectivity index (χ3n) is 8.60. The fourth-order valence-corrected chi connectivity index (χ4v) is 7.13. The first kappa shape index (κ1) is 28.6. The van der Waals surface area contributed by atoms with Crippen LogP contribution in [0.25, 0.3) is 22.0 Å². The second-order valence-corrected chi connectivity index (χ2v) is 12.3. The predicted octanol–water partition coefficient (Wildman–Crippen LogP) is 6.12. The molecule has 0 aliphatic carbocycles. The van der Waals surface area contributed by atoms with Crippen molar-refractivity contribution in [2.45, 2.75) is 63.3 Å². The summed E-state index contributed by atoms with van der Waals surface area (Å²) in [4.78, 5) is 13.2. The molecule has 4 heterocycles. The number of nitrogens with zero attached hydrogens (tertiary/aromatic N) is 4. The average molecular weight is 611 g/mol. The van der Waals surface area contributed by atoms with E-state index in [0.717, 1.165) is 31.9 Å². The van der Waals surface area contributed by atoms with Gasteiger partial charge in [-0.05, 0) is 44.9 Å². The molecule has 3 fully saturated rings. The van der Waals surface area contributed by atoms with Crippen LogP contribution in [0.3, 0.4) is 0 Å². The predicted molar refractivity (Wildman–Crippen MR) is 154 cm³/mol. The van der Waals surface area contributed by atoms with E-state index in [1.807, 2.05) is 11.8 Å². The molecule has 0 amide bonds. The van der Waals surface area contributed by atoms with Crippen molar-refractivity contribution in [1.29, 1.82) is 0 Å². The molecule has 6 rings (SSSR count). The van der Waals surface area contributed by atoms with Gasteiger partial charge in [0, 0.05) is 55.2 Å². The standard InChI is InChI=1S/C29H32Cl2F3N5O2/c1-3-17-13-38(11-15(2)35-17)27-20-9-22(33)23(19-7-18(40)8-21(30)24(19)31)25(34)26(20)36-28(37-27)41-14-29-5-4-6-39(29)12-16(32)10-29/h7-9,15-17,35,40H,3-6,10-14H2,1-2H3/t15-,16-,17-,29+/m1/s1. The number of hydrogen-bond acceptors (Lipinski definition) is 7. The molecular formula is C29H32Cl2F3N5O2. The molecule has 220 valence electrons. The first-order valence-corrected chi connectivity index (χ1v) is 14.7. The number of ether oxygens (including phenoxy) is 1. The number of phenols is 1. The van der Waals surface area contributed by atoms with Crippen LogP contribution in [0.1, 0.15) is 39.5 Å². The van der Waals surface area contributed by atoms with E-state index >= 15 is 8.78 Å². The molecule has 4 atom stereocenters. The Morgan fingerprint density at radius 3 is 2.76 bits per heavy atom. The highest BCUT2D eigenvalue weighted by Crippen LogP contribution is 2.43. The Morgan fingerprint density at radius 1 is 1.17 bits per heavy atom. The molecule has 12 heteroatoms. The highest BCUT2D eigenvalue weighted by atomic mass is 35.5. The van der Waals surface area contributed by atoms with Crippen LogP contribution in [0, 0.1) is 11.6 Å². The maximum absolute atomic E-state index is 16.4. The number of benzene rings is 2. The number of fused-ring (bicyclic) bond motifs is 2. The van der Waals surface area contributed by atoms with Crippen LogP contribution in [-0.4, -0.2) is 76.6 Å². The number of phenolic OH excluding ortho intramolecular Hbond substituents is 1. The Morgan fingerprint density at radius 2 is 1.98 bits per heavy atom. The van der Waals surface area contributed by atoms with Crippen LogP contribution in [-0.2, 0) is 0 Å². The van der Waals surface area contributed by atoms with Crippen LogP contribution < -0.4 is 15.0 Å². The lowest BCUT2D eigenvalue weighted by molar-refractivity contribution is 0.107. The molecule has 0 unspecified atom stereocenters. The summed E-state index contributed by atoms with van der Waals surface area (Å²) in [6.07, 6.45) is 2.03. The molecule has 7 nitrogen and oxygen atoms in total. The van der Waals surface area contributed by atoms with Gasteiger partial charge in [0.2, 0.25) is 0 Å². The summed E-state index contributed by atoms with van der Waals surface area (Å²) in [5, 5.41) is 13.7. The first-order chi connectivity index (χ1) is 19.6. The zero-order valence-electron chi connectivity index (χ0n) is 22.9. The zero-order valence-corrected chi connectivity index (χ0v) is 24.4. The van der Waals surface area contributed by atoms with Crippen LogP contribution in [0.4, 0.5) is 19.0 Å². The largest absolute Gasteiger partial charge is 0.508 e. The van der Waals surface area contributed by atoms with Crippen LogP contribution >= 0.6 is 23.2 Å². The van der Waals surface area contributed by atoms with E-state index in [1.165, 1.54) is 12.1 Å². The summed E-state index contributed by atoms with van der Waals surface area (Å²) in [5.41, 5.74) is -1.16. The van der Waals surface area contributed by atoms with Crippen molar-refractivity contribution >= 4 is 39.9 Å². The summed E-state index contributed by atoms with van der Waals surface area (Å²) in [5.74, 6) is -1.80. The van der Waals surface area contributed by atoms with E-state index < -0.39 is 28.9 Å². The molecule has 2 N–H and O–H groups in total. The molecule has 0 spiro atoms. The van der Waals surface area contributed by atoms with Crippen LogP contribution in [0.15, 0.2) is 18.2 Å². The summed E-state index contributed by atoms with van der Waals surface area (Å²) in [6.45, 7) is 6.59. The molecule has 3 saturated heterocycles. The smallest absolute Gasteiger partial charge is 0.319 e. The molecular weight excluding hydrogens is 578 g/mol. The maximum Gasteiger partial charge on any atom is 0.319 e. The van der Waals surface area contributed by atoms with Crippen molar-refractivity contribution in [1.82, 2.24) is 20.2 Å². The molecule has 3 aromatic rings. The van der Waals surface area contributed by atoms with Crippen molar-refractivity contribution in [3.8, 4) is 22.9 Å². The van der Waals surface area contributed by atoms with E-state index in [1.54, 1.807) is 0 Å². The van der Waals surface area contributed by atoms with E-state index in [0.29, 0.717) is 31.9 Å². The van der Waals surface area contributed by atoms with E-state index in [9.17, 15) is 9.50 Å². The molecule has 0 saturated carbocycles. The molecule has 0 radical (unpaired) electrons. The Labute approximate surface area is 246 Å². The van der Waals surface area contributed by atoms with Crippen LogP contribution in [0.2, 0.25) is 10.0 Å². The van der Waals surface area contributed by atoms with Gasteiger partial charge < -0.3 is 20.1 Å². The Kier molecular flexibility index (Phi) is 7.63. The molecule has 1 aromatic heterocycles. The zero-order chi connectivity index (χ0) is 29.1. The minimum atomic E-state index is -0.974. The minimum Gasteiger partial charge on any atom is -0.508 e. The van der Waals surface area contributed by atoms with Crippen molar-refractivity contribution in [3.05, 3.63) is 39.9 Å². The lowest BCUT2D eigenvalue weighted by Gasteiger charge is -2.38. The van der Waals surface area contributed by atoms with E-state index in [4.69, 9.17) is 27.9 Å². The van der Waals surface area contributed by atoms with Gasteiger partial charge in [0.25, 0.3) is 0 Å². The van der Waals surface area contributed by atoms with Gasteiger partial charge in [0.15, 0.2) is 5.82 Å². The molecule has 3 aliphatic heterocycles. The van der Waals surface area contributed by atoms with E-state index in [-0.39, 0.29) is 57.0 Å². The van der Waals surface area contributed by atoms with Gasteiger partial charge in [-0.3, -0.25) is 4.90 Å². The third kappa shape index (κ3) is 5.17. The normalized spacial score (nSPS) is 26.6.